The SMILES string of the molecule is COc1ccc(-c2n[nH]c(=S)n2/N=C\c2ccc(C(C)C)cc2)c(OC)c1. The average Bonchev–Trinajstić information content (AvgIpc) is 3.06. The number of nitrogens with zero attached hydrogens (tertiary/aromatic N) is 3. The first kappa shape index (κ1) is 18.8. The highest BCUT2D eigenvalue weighted by atomic mass is 32.1. The number of aromatic nitrogens is 3. The van der Waals surface area contributed by atoms with Gasteiger partial charge in [-0.3, -0.25) is 0 Å². The molecule has 0 saturated carbocycles. The molecule has 0 spiro atoms. The normalized spacial score (nSPS) is 11.3. The number of H-pyrrole nitrogens is 1. The zero-order chi connectivity index (χ0) is 19.4. The Labute approximate surface area is 163 Å². The standard InChI is InChI=1S/C20H22N4O2S/c1-13(2)15-7-5-14(6-8-15)12-21-24-19(22-23-20(24)27)17-10-9-16(25-3)11-18(17)26-4/h5-13H,1-4H3,(H,23,27)/b21-12-. The summed E-state index contributed by atoms with van der Waals surface area (Å²) in [6, 6.07) is 13.8. The molecule has 1 N–H and O–H groups in total. The van der Waals surface area contributed by atoms with E-state index < -0.39 is 0 Å². The highest BCUT2D eigenvalue weighted by Crippen LogP contribution is 2.32. The van der Waals surface area contributed by atoms with Crippen LogP contribution in [0.25, 0.3) is 11.4 Å². The Bertz CT molecular complexity index is 1000. The summed E-state index contributed by atoms with van der Waals surface area (Å²) in [5, 5.41) is 11.6. The van der Waals surface area contributed by atoms with Crippen LogP contribution >= 0.6 is 12.2 Å². The topological polar surface area (TPSA) is 64.4 Å². The van der Waals surface area contributed by atoms with Gasteiger partial charge in [0.15, 0.2) is 5.82 Å². The summed E-state index contributed by atoms with van der Waals surface area (Å²) >= 11 is 5.34. The number of rotatable bonds is 6. The van der Waals surface area contributed by atoms with Gasteiger partial charge in [-0.15, -0.1) is 0 Å². The van der Waals surface area contributed by atoms with Crippen LogP contribution in [0.3, 0.4) is 0 Å². The van der Waals surface area contributed by atoms with Crippen LogP contribution in [0, 0.1) is 4.77 Å². The van der Waals surface area contributed by atoms with Crippen molar-refractivity contribution in [2.45, 2.75) is 19.8 Å². The lowest BCUT2D eigenvalue weighted by Gasteiger charge is -2.09. The molecule has 0 atom stereocenters. The Kier molecular flexibility index (Phi) is 5.71. The molecule has 0 amide bonds. The van der Waals surface area contributed by atoms with E-state index in [-0.39, 0.29) is 0 Å². The molecule has 1 aromatic heterocycles. The van der Waals surface area contributed by atoms with Crippen molar-refractivity contribution in [2.75, 3.05) is 14.2 Å². The number of ether oxygens (including phenoxy) is 2. The summed E-state index contributed by atoms with van der Waals surface area (Å²) in [6.45, 7) is 4.34. The molecule has 0 aliphatic heterocycles. The molecule has 2 aromatic carbocycles. The van der Waals surface area contributed by atoms with Crippen molar-refractivity contribution in [1.82, 2.24) is 14.9 Å². The van der Waals surface area contributed by atoms with Gasteiger partial charge in [0.05, 0.1) is 26.0 Å². The van der Waals surface area contributed by atoms with Gasteiger partial charge in [0, 0.05) is 6.07 Å². The average molecular weight is 382 g/mol. The Morgan fingerprint density at radius 1 is 1.11 bits per heavy atom. The third-order valence-electron chi connectivity index (χ3n) is 4.23. The van der Waals surface area contributed by atoms with Gasteiger partial charge in [0.1, 0.15) is 11.5 Å². The van der Waals surface area contributed by atoms with E-state index >= 15 is 0 Å². The maximum atomic E-state index is 5.47. The van der Waals surface area contributed by atoms with E-state index in [9.17, 15) is 0 Å². The second-order valence-corrected chi connectivity index (χ2v) is 6.68. The van der Waals surface area contributed by atoms with Gasteiger partial charge in [-0.25, -0.2) is 5.10 Å². The van der Waals surface area contributed by atoms with Crippen LogP contribution in [0.2, 0.25) is 0 Å². The fourth-order valence-electron chi connectivity index (χ4n) is 2.65. The summed E-state index contributed by atoms with van der Waals surface area (Å²) in [5.74, 6) is 2.38. The van der Waals surface area contributed by atoms with Gasteiger partial charge in [0.2, 0.25) is 4.77 Å². The molecule has 7 heteroatoms. The maximum Gasteiger partial charge on any atom is 0.216 e. The third-order valence-corrected chi connectivity index (χ3v) is 4.49. The largest absolute Gasteiger partial charge is 0.497 e. The lowest BCUT2D eigenvalue weighted by atomic mass is 10.0. The molecule has 0 aliphatic rings. The molecule has 0 aliphatic carbocycles. The number of hydrogen-bond acceptors (Lipinski definition) is 5. The van der Waals surface area contributed by atoms with Crippen molar-refractivity contribution in [3.8, 4) is 22.9 Å². The molecule has 0 fully saturated rings. The van der Waals surface area contributed by atoms with Gasteiger partial charge >= 0.3 is 0 Å². The molecular formula is C20H22N4O2S. The van der Waals surface area contributed by atoms with Crippen molar-refractivity contribution in [2.24, 2.45) is 5.10 Å². The Morgan fingerprint density at radius 2 is 1.85 bits per heavy atom. The molecule has 140 valence electrons. The van der Waals surface area contributed by atoms with Crippen LogP contribution in [0.5, 0.6) is 11.5 Å². The molecule has 1 heterocycles. The Morgan fingerprint density at radius 3 is 2.48 bits per heavy atom. The Hall–Kier alpha value is -2.93. The van der Waals surface area contributed by atoms with E-state index in [1.807, 2.05) is 24.3 Å². The van der Waals surface area contributed by atoms with Crippen molar-refractivity contribution < 1.29 is 9.47 Å². The van der Waals surface area contributed by atoms with Gasteiger partial charge in [-0.05, 0) is 41.4 Å². The van der Waals surface area contributed by atoms with Crippen LogP contribution < -0.4 is 9.47 Å². The lowest BCUT2D eigenvalue weighted by Crippen LogP contribution is -1.98. The highest BCUT2D eigenvalue weighted by Gasteiger charge is 2.14. The monoisotopic (exact) mass is 382 g/mol. The molecule has 6 nitrogen and oxygen atoms in total. The smallest absolute Gasteiger partial charge is 0.216 e. The van der Waals surface area contributed by atoms with Crippen molar-refractivity contribution >= 4 is 18.4 Å². The van der Waals surface area contributed by atoms with Gasteiger partial charge in [-0.2, -0.15) is 14.9 Å². The van der Waals surface area contributed by atoms with E-state index in [1.165, 1.54) is 5.56 Å². The first-order chi connectivity index (χ1) is 13.0. The highest BCUT2D eigenvalue weighted by molar-refractivity contribution is 7.71. The Balaban J connectivity index is 1.97. The molecular weight excluding hydrogens is 360 g/mol. The van der Waals surface area contributed by atoms with Crippen LogP contribution in [0.4, 0.5) is 0 Å². The minimum atomic E-state index is 0.401. The molecule has 0 radical (unpaired) electrons. The first-order valence-corrected chi connectivity index (χ1v) is 8.98. The fraction of sp³-hybridized carbons (Fsp3) is 0.250. The predicted octanol–water partition coefficient (Wildman–Crippen LogP) is 4.63. The van der Waals surface area contributed by atoms with Gasteiger partial charge in [-0.1, -0.05) is 38.1 Å². The molecule has 3 aromatic rings. The van der Waals surface area contributed by atoms with Gasteiger partial charge in [0.25, 0.3) is 0 Å². The molecule has 3 rings (SSSR count). The van der Waals surface area contributed by atoms with E-state index in [4.69, 9.17) is 21.7 Å². The number of methoxy groups -OCH3 is 2. The summed E-state index contributed by atoms with van der Waals surface area (Å²) < 4.78 is 12.7. The molecule has 0 saturated heterocycles. The van der Waals surface area contributed by atoms with Crippen molar-refractivity contribution in [3.63, 3.8) is 0 Å². The maximum absolute atomic E-state index is 5.47. The summed E-state index contributed by atoms with van der Waals surface area (Å²) in [5.41, 5.74) is 3.03. The lowest BCUT2D eigenvalue weighted by molar-refractivity contribution is 0.395. The number of nitrogens with one attached hydrogen (secondary N) is 1. The van der Waals surface area contributed by atoms with E-state index in [0.29, 0.717) is 28.0 Å². The zero-order valence-electron chi connectivity index (χ0n) is 15.8. The summed E-state index contributed by atoms with van der Waals surface area (Å²) in [6.07, 6.45) is 1.76. The minimum Gasteiger partial charge on any atom is -0.497 e. The van der Waals surface area contributed by atoms with Crippen LogP contribution in [0.15, 0.2) is 47.6 Å². The van der Waals surface area contributed by atoms with Gasteiger partial charge < -0.3 is 9.47 Å². The molecule has 27 heavy (non-hydrogen) atoms. The summed E-state index contributed by atoms with van der Waals surface area (Å²) in [4.78, 5) is 0. The predicted molar refractivity (Wildman–Crippen MR) is 109 cm³/mol. The second-order valence-electron chi connectivity index (χ2n) is 6.30. The van der Waals surface area contributed by atoms with Crippen molar-refractivity contribution in [1.29, 1.82) is 0 Å². The third kappa shape index (κ3) is 4.09. The second kappa shape index (κ2) is 8.18. The van der Waals surface area contributed by atoms with Crippen molar-refractivity contribution in [3.05, 3.63) is 58.4 Å². The van der Waals surface area contributed by atoms with E-state index in [1.54, 1.807) is 31.2 Å². The van der Waals surface area contributed by atoms with E-state index in [2.05, 4.69) is 41.3 Å². The molecule has 0 bridgehead atoms. The quantitative estimate of drug-likeness (QED) is 0.499. The zero-order valence-corrected chi connectivity index (χ0v) is 16.6. The summed E-state index contributed by atoms with van der Waals surface area (Å²) in [7, 11) is 3.21. The van der Waals surface area contributed by atoms with E-state index in [0.717, 1.165) is 11.1 Å². The minimum absolute atomic E-state index is 0.401. The van der Waals surface area contributed by atoms with Crippen LogP contribution in [-0.4, -0.2) is 35.3 Å². The number of aromatic amines is 1. The fourth-order valence-corrected chi connectivity index (χ4v) is 2.83. The number of hydrogen-bond donors (Lipinski definition) is 1. The van der Waals surface area contributed by atoms with Crippen LogP contribution in [-0.2, 0) is 0 Å². The van der Waals surface area contributed by atoms with Crippen LogP contribution in [0.1, 0.15) is 30.9 Å². The first-order valence-electron chi connectivity index (χ1n) is 8.57. The number of benzene rings is 2. The molecule has 0 unspecified atom stereocenters.